The van der Waals surface area contributed by atoms with Gasteiger partial charge in [-0.25, -0.2) is 0 Å². The van der Waals surface area contributed by atoms with Crippen molar-refractivity contribution in [2.24, 2.45) is 11.3 Å². The molecular weight excluding hydrogens is 474 g/mol. The molecule has 2 aromatic carbocycles. The number of hydrogen-bond donors (Lipinski definition) is 1. The number of hydrogen-bond acceptors (Lipinski definition) is 5. The van der Waals surface area contributed by atoms with Crippen LogP contribution >= 0.6 is 11.6 Å². The highest BCUT2D eigenvalue weighted by Crippen LogP contribution is 2.58. The van der Waals surface area contributed by atoms with E-state index in [0.717, 1.165) is 37.9 Å². The Balaban J connectivity index is 1.39. The van der Waals surface area contributed by atoms with E-state index in [9.17, 15) is 9.59 Å². The van der Waals surface area contributed by atoms with Gasteiger partial charge >= 0.3 is 0 Å². The highest BCUT2D eigenvalue weighted by atomic mass is 35.5. The van der Waals surface area contributed by atoms with E-state index in [1.807, 2.05) is 31.2 Å². The molecule has 7 heteroatoms. The Morgan fingerprint density at radius 1 is 1.17 bits per heavy atom. The maximum absolute atomic E-state index is 13.2. The van der Waals surface area contributed by atoms with Crippen LogP contribution in [0.1, 0.15) is 69.3 Å². The lowest BCUT2D eigenvalue weighted by Gasteiger charge is -2.65. The van der Waals surface area contributed by atoms with Crippen LogP contribution < -0.4 is 15.0 Å². The number of piperidine rings is 1. The highest BCUT2D eigenvalue weighted by molar-refractivity contribution is 6.31. The molecule has 2 aromatic rings. The summed E-state index contributed by atoms with van der Waals surface area (Å²) in [6, 6.07) is 14.9. The van der Waals surface area contributed by atoms with Crippen molar-refractivity contribution < 1.29 is 14.3 Å². The zero-order chi connectivity index (χ0) is 26.1. The summed E-state index contributed by atoms with van der Waals surface area (Å²) in [6.45, 7) is 10.1. The zero-order valence-electron chi connectivity index (χ0n) is 21.4. The fourth-order valence-corrected chi connectivity index (χ4v) is 5.79. The second-order valence-corrected chi connectivity index (χ2v) is 11.5. The second-order valence-electron chi connectivity index (χ2n) is 11.1. The average molecular weight is 508 g/mol. The molecule has 1 saturated carbocycles. The van der Waals surface area contributed by atoms with E-state index in [0.29, 0.717) is 40.7 Å². The van der Waals surface area contributed by atoms with E-state index in [2.05, 4.69) is 37.1 Å². The Kier molecular flexibility index (Phi) is 7.07. The minimum Gasteiger partial charge on any atom is -0.487 e. The Morgan fingerprint density at radius 2 is 1.83 bits per heavy atom. The molecule has 36 heavy (non-hydrogen) atoms. The Morgan fingerprint density at radius 3 is 2.39 bits per heavy atom. The predicted octanol–water partition coefficient (Wildman–Crippen LogP) is 5.77. The normalized spacial score (nSPS) is 25.4. The van der Waals surface area contributed by atoms with Crippen molar-refractivity contribution in [3.8, 4) is 11.8 Å². The van der Waals surface area contributed by atoms with Crippen molar-refractivity contribution in [3.63, 3.8) is 0 Å². The largest absolute Gasteiger partial charge is 0.487 e. The summed E-state index contributed by atoms with van der Waals surface area (Å²) < 4.78 is 6.35. The number of benzene rings is 2. The van der Waals surface area contributed by atoms with Crippen LogP contribution in [0.25, 0.3) is 0 Å². The summed E-state index contributed by atoms with van der Waals surface area (Å²) in [5, 5.41) is 12.7. The van der Waals surface area contributed by atoms with Crippen LogP contribution in [-0.2, 0) is 4.79 Å². The van der Waals surface area contributed by atoms with E-state index in [1.54, 1.807) is 18.2 Å². The molecule has 190 valence electrons. The van der Waals surface area contributed by atoms with Gasteiger partial charge in [-0.3, -0.25) is 4.79 Å². The molecule has 0 unspecified atom stereocenters. The topological polar surface area (TPSA) is 82.4 Å². The molecule has 0 spiro atoms. The minimum atomic E-state index is -0.521. The number of aldehydes is 1. The predicted molar refractivity (Wildman–Crippen MR) is 142 cm³/mol. The molecule has 1 heterocycles. The van der Waals surface area contributed by atoms with Gasteiger partial charge in [-0.2, -0.15) is 5.26 Å². The maximum Gasteiger partial charge on any atom is 0.251 e. The quantitative estimate of drug-likeness (QED) is 0.481. The number of halogens is 1. The first-order chi connectivity index (χ1) is 17.0. The van der Waals surface area contributed by atoms with Crippen molar-refractivity contribution in [1.82, 2.24) is 5.32 Å². The Labute approximate surface area is 218 Å². The first-order valence-corrected chi connectivity index (χ1v) is 12.9. The number of amides is 1. The van der Waals surface area contributed by atoms with Crippen LogP contribution in [0.5, 0.6) is 5.75 Å². The number of nitriles is 1. The van der Waals surface area contributed by atoms with Crippen LogP contribution in [0.2, 0.25) is 5.02 Å². The third kappa shape index (κ3) is 4.69. The summed E-state index contributed by atoms with van der Waals surface area (Å²) in [6.07, 6.45) is 4.33. The molecule has 6 nitrogen and oxygen atoms in total. The van der Waals surface area contributed by atoms with Gasteiger partial charge in [0.25, 0.3) is 5.91 Å². The number of carbonyl (C=O) groups is 2. The lowest BCUT2D eigenvalue weighted by molar-refractivity contribution is -0.180. The van der Waals surface area contributed by atoms with E-state index in [1.165, 1.54) is 0 Å². The van der Waals surface area contributed by atoms with Gasteiger partial charge in [0.05, 0.1) is 16.1 Å². The van der Waals surface area contributed by atoms with E-state index >= 15 is 0 Å². The summed E-state index contributed by atoms with van der Waals surface area (Å²) >= 11 is 6.19. The van der Waals surface area contributed by atoms with Gasteiger partial charge in [0.15, 0.2) is 0 Å². The molecule has 2 atom stereocenters. The molecule has 0 aromatic heterocycles. The average Bonchev–Trinajstić information content (AvgIpc) is 2.84. The molecule has 2 aliphatic rings. The van der Waals surface area contributed by atoms with Gasteiger partial charge in [-0.15, -0.1) is 0 Å². The number of carbonyl (C=O) groups excluding carboxylic acids is 2. The molecule has 1 saturated heterocycles. The molecule has 1 N–H and O–H groups in total. The monoisotopic (exact) mass is 507 g/mol. The first-order valence-electron chi connectivity index (χ1n) is 12.5. The third-order valence-corrected chi connectivity index (χ3v) is 9.04. The zero-order valence-corrected chi connectivity index (χ0v) is 22.2. The van der Waals surface area contributed by atoms with Crippen molar-refractivity contribution in [1.29, 1.82) is 5.26 Å². The van der Waals surface area contributed by atoms with Crippen LogP contribution in [0.4, 0.5) is 5.69 Å². The van der Waals surface area contributed by atoms with Crippen molar-refractivity contribution in [2.45, 2.75) is 64.5 Å². The number of ether oxygens (including phenoxy) is 1. The highest BCUT2D eigenvalue weighted by Gasteiger charge is 2.67. The van der Waals surface area contributed by atoms with E-state index in [4.69, 9.17) is 21.6 Å². The number of nitrogens with one attached hydrogen (secondary N) is 1. The number of rotatable bonds is 7. The van der Waals surface area contributed by atoms with Crippen LogP contribution in [0.15, 0.2) is 42.5 Å². The van der Waals surface area contributed by atoms with E-state index < -0.39 is 11.1 Å². The fraction of sp³-hybridized carbons (Fsp3) is 0.483. The van der Waals surface area contributed by atoms with E-state index in [-0.39, 0.29) is 11.3 Å². The molecular formula is C29H34ClN3O3. The van der Waals surface area contributed by atoms with Crippen molar-refractivity contribution in [3.05, 3.63) is 58.6 Å². The van der Waals surface area contributed by atoms with Crippen molar-refractivity contribution in [2.75, 3.05) is 18.0 Å². The smallest absolute Gasteiger partial charge is 0.251 e. The summed E-state index contributed by atoms with van der Waals surface area (Å²) in [4.78, 5) is 26.3. The molecule has 0 radical (unpaired) electrons. The molecule has 1 aliphatic carbocycles. The van der Waals surface area contributed by atoms with Gasteiger partial charge in [-0.1, -0.05) is 25.4 Å². The molecule has 1 aliphatic heterocycles. The molecule has 0 bridgehead atoms. The molecule has 2 fully saturated rings. The van der Waals surface area contributed by atoms with Gasteiger partial charge in [0.2, 0.25) is 0 Å². The van der Waals surface area contributed by atoms with Gasteiger partial charge in [0, 0.05) is 48.7 Å². The lowest BCUT2D eigenvalue weighted by atomic mass is 9.48. The fourth-order valence-electron chi connectivity index (χ4n) is 5.58. The minimum absolute atomic E-state index is 0.106. The summed E-state index contributed by atoms with van der Waals surface area (Å²) in [7, 11) is 0. The molecule has 4 rings (SSSR count). The van der Waals surface area contributed by atoms with Gasteiger partial charge < -0.3 is 19.7 Å². The van der Waals surface area contributed by atoms with Crippen LogP contribution in [0, 0.1) is 22.7 Å². The maximum atomic E-state index is 13.2. The Bertz CT molecular complexity index is 1180. The summed E-state index contributed by atoms with van der Waals surface area (Å²) in [5.41, 5.74) is 0.781. The molecule has 1 amide bonds. The third-order valence-electron chi connectivity index (χ3n) is 8.72. The lowest BCUT2D eigenvalue weighted by Crippen LogP contribution is -2.77. The Hall–Kier alpha value is -3.04. The van der Waals surface area contributed by atoms with Gasteiger partial charge in [-0.05, 0) is 69.0 Å². The number of nitrogens with zero attached hydrogens (tertiary/aromatic N) is 2. The standard InChI is InChI=1S/C29H34ClN3O3/c1-27(2)28(3,19-29(27,4)36-24-10-7-22(18-31)25(30)17-24)32-26(35)21-5-8-23(9-6-21)33-14-11-20(12-15-33)13-16-34/h5-10,16-17,20H,11-15,19H2,1-4H3,(H,32,35)/t28-,29-/m1/s1. The number of anilines is 1. The van der Waals surface area contributed by atoms with Crippen LogP contribution in [-0.4, -0.2) is 36.4 Å². The second kappa shape index (κ2) is 9.78. The van der Waals surface area contributed by atoms with Gasteiger partial charge in [0.1, 0.15) is 23.7 Å². The van der Waals surface area contributed by atoms with Crippen LogP contribution in [0.3, 0.4) is 0 Å². The summed E-state index contributed by atoms with van der Waals surface area (Å²) in [5.74, 6) is 0.984. The first kappa shape index (κ1) is 26.0. The SMILES string of the molecule is CC1(C)[C@](C)(NC(=O)c2ccc(N3CCC(CC=O)CC3)cc2)C[C@@]1(C)Oc1ccc(C#N)c(Cl)c1. The van der Waals surface area contributed by atoms with Crippen molar-refractivity contribution >= 4 is 29.5 Å².